The number of nitrogens with one attached hydrogen (secondary N) is 1. The zero-order valence-electron chi connectivity index (χ0n) is 17.3. The summed E-state index contributed by atoms with van der Waals surface area (Å²) < 4.78 is 12.2. The first-order chi connectivity index (χ1) is 15.9. The van der Waals surface area contributed by atoms with Gasteiger partial charge in [-0.15, -0.1) is 16.4 Å². The second kappa shape index (κ2) is 9.71. The highest BCUT2D eigenvalue weighted by Gasteiger charge is 2.15. The number of anilines is 1. The molecule has 33 heavy (non-hydrogen) atoms. The number of para-hydroxylation sites is 1. The predicted molar refractivity (Wildman–Crippen MR) is 124 cm³/mol. The topological polar surface area (TPSA) is 125 Å². The molecule has 2 aromatic carbocycles. The van der Waals surface area contributed by atoms with Gasteiger partial charge in [-0.05, 0) is 31.3 Å². The quantitative estimate of drug-likeness (QED) is 0.216. The molecule has 0 unspecified atom stereocenters. The van der Waals surface area contributed by atoms with Crippen LogP contribution in [0, 0.1) is 21.9 Å². The van der Waals surface area contributed by atoms with E-state index in [4.69, 9.17) is 21.4 Å². The molecular weight excluding hydrogens is 466 g/mol. The molecule has 0 aliphatic heterocycles. The number of benzene rings is 2. The minimum atomic E-state index is -0.436. The highest BCUT2D eigenvalue weighted by molar-refractivity contribution is 7.71. The number of carbonyl (C=O) groups excluding carboxylic acids is 1. The molecule has 4 rings (SSSR count). The average molecular weight is 484 g/mol. The Morgan fingerprint density at radius 2 is 2.09 bits per heavy atom. The Balaban J connectivity index is 1.38. The Morgan fingerprint density at radius 1 is 1.30 bits per heavy atom. The first kappa shape index (κ1) is 22.3. The molecule has 1 amide bonds. The van der Waals surface area contributed by atoms with Gasteiger partial charge in [-0.3, -0.25) is 14.9 Å². The second-order valence-corrected chi connectivity index (χ2v) is 8.07. The number of carbonyl (C=O) groups is 1. The summed E-state index contributed by atoms with van der Waals surface area (Å²) in [6, 6.07) is 14.0. The molecule has 2 heterocycles. The molecule has 0 saturated carbocycles. The normalized spacial score (nSPS) is 10.7. The molecule has 0 aliphatic rings. The number of amides is 1. The van der Waals surface area contributed by atoms with Crippen molar-refractivity contribution < 1.29 is 18.9 Å². The number of rotatable bonds is 8. The van der Waals surface area contributed by atoms with Crippen molar-refractivity contribution in [2.75, 3.05) is 5.32 Å². The lowest BCUT2D eigenvalue weighted by atomic mass is 10.1. The molecule has 168 valence electrons. The van der Waals surface area contributed by atoms with E-state index < -0.39 is 10.8 Å². The fourth-order valence-corrected chi connectivity index (χ4v) is 3.83. The lowest BCUT2D eigenvalue weighted by molar-refractivity contribution is -0.385. The Bertz CT molecular complexity index is 1360. The molecule has 0 radical (unpaired) electrons. The van der Waals surface area contributed by atoms with E-state index in [2.05, 4.69) is 15.4 Å². The van der Waals surface area contributed by atoms with Crippen LogP contribution in [0.5, 0.6) is 5.75 Å². The van der Waals surface area contributed by atoms with Crippen molar-refractivity contribution in [3.8, 4) is 17.0 Å². The van der Waals surface area contributed by atoms with Crippen molar-refractivity contribution in [2.24, 2.45) is 0 Å². The summed E-state index contributed by atoms with van der Waals surface area (Å²) in [5, 5.41) is 20.1. The van der Waals surface area contributed by atoms with Crippen LogP contribution in [-0.2, 0) is 17.9 Å². The molecule has 1 N–H and O–H groups in total. The number of ether oxygens (including phenoxy) is 1. The maximum Gasteiger partial charge on any atom is 0.287 e. The van der Waals surface area contributed by atoms with E-state index in [1.54, 1.807) is 36.6 Å². The number of aromatic nitrogens is 3. The van der Waals surface area contributed by atoms with Crippen molar-refractivity contribution in [3.05, 3.63) is 80.3 Å². The largest absolute Gasteiger partial charge is 0.484 e. The van der Waals surface area contributed by atoms with Gasteiger partial charge >= 0.3 is 0 Å². The molecule has 4 aromatic rings. The van der Waals surface area contributed by atoms with Gasteiger partial charge in [0, 0.05) is 22.6 Å². The van der Waals surface area contributed by atoms with Crippen LogP contribution in [0.15, 0.2) is 58.3 Å². The molecule has 0 spiro atoms. The van der Waals surface area contributed by atoms with Gasteiger partial charge in [0.1, 0.15) is 12.3 Å². The summed E-state index contributed by atoms with van der Waals surface area (Å²) in [6.07, 6.45) is 0. The molecule has 2 aromatic heterocycles. The lowest BCUT2D eigenvalue weighted by Crippen LogP contribution is -2.19. The van der Waals surface area contributed by atoms with Crippen LogP contribution in [0.2, 0.25) is 0 Å². The third kappa shape index (κ3) is 5.48. The van der Waals surface area contributed by atoms with E-state index in [9.17, 15) is 14.9 Å². The molecular formula is C21H17N5O5S2. The van der Waals surface area contributed by atoms with Crippen LogP contribution in [0.3, 0.4) is 0 Å². The molecule has 0 atom stereocenters. The fourth-order valence-electron chi connectivity index (χ4n) is 2.89. The van der Waals surface area contributed by atoms with E-state index >= 15 is 0 Å². The van der Waals surface area contributed by atoms with Crippen LogP contribution in [0.25, 0.3) is 11.3 Å². The molecule has 0 bridgehead atoms. The maximum atomic E-state index is 12.4. The zero-order chi connectivity index (χ0) is 23.4. The van der Waals surface area contributed by atoms with Crippen LogP contribution in [0.1, 0.15) is 11.5 Å². The number of nitrogens with zero attached hydrogens (tertiary/aromatic N) is 4. The van der Waals surface area contributed by atoms with Crippen LogP contribution < -0.4 is 10.1 Å². The van der Waals surface area contributed by atoms with E-state index in [0.29, 0.717) is 27.7 Å². The Labute approximate surface area is 196 Å². The maximum absolute atomic E-state index is 12.4. The molecule has 10 nitrogen and oxygen atoms in total. The molecule has 0 aliphatic carbocycles. The van der Waals surface area contributed by atoms with Crippen molar-refractivity contribution >= 4 is 40.3 Å². The van der Waals surface area contributed by atoms with E-state index in [1.165, 1.54) is 22.1 Å². The molecule has 0 saturated heterocycles. The highest BCUT2D eigenvalue weighted by atomic mass is 32.1. The van der Waals surface area contributed by atoms with Gasteiger partial charge < -0.3 is 14.5 Å². The van der Waals surface area contributed by atoms with Gasteiger partial charge in [-0.1, -0.05) is 30.3 Å². The predicted octanol–water partition coefficient (Wildman–Crippen LogP) is 4.76. The smallest absolute Gasteiger partial charge is 0.287 e. The van der Waals surface area contributed by atoms with Gasteiger partial charge in [0.05, 0.1) is 10.6 Å². The molecule has 0 fully saturated rings. The van der Waals surface area contributed by atoms with Gasteiger partial charge in [-0.2, -0.15) is 0 Å². The van der Waals surface area contributed by atoms with Crippen molar-refractivity contribution in [2.45, 2.75) is 20.1 Å². The van der Waals surface area contributed by atoms with Crippen molar-refractivity contribution in [3.63, 3.8) is 0 Å². The van der Waals surface area contributed by atoms with Gasteiger partial charge in [0.15, 0.2) is 11.7 Å². The monoisotopic (exact) mass is 483 g/mol. The lowest BCUT2D eigenvalue weighted by Gasteiger charge is -2.02. The third-order valence-corrected chi connectivity index (χ3v) is 5.55. The average Bonchev–Trinajstić information content (AvgIpc) is 3.39. The summed E-state index contributed by atoms with van der Waals surface area (Å²) in [7, 11) is 0. The number of thiazole rings is 1. The summed E-state index contributed by atoms with van der Waals surface area (Å²) in [5.74, 6) is 0.504. The van der Waals surface area contributed by atoms with E-state index in [0.717, 1.165) is 0 Å². The number of nitro groups is 1. The van der Waals surface area contributed by atoms with Gasteiger partial charge in [0.2, 0.25) is 5.91 Å². The summed E-state index contributed by atoms with van der Waals surface area (Å²) in [6.45, 7) is 1.57. The van der Waals surface area contributed by atoms with Crippen LogP contribution >= 0.6 is 23.6 Å². The Hall–Kier alpha value is -3.90. The first-order valence-corrected chi connectivity index (χ1v) is 10.9. The van der Waals surface area contributed by atoms with E-state index in [-0.39, 0.29) is 29.6 Å². The minimum absolute atomic E-state index is 0.0125. The number of hydrogen-bond donors (Lipinski definition) is 1. The van der Waals surface area contributed by atoms with Gasteiger partial charge in [-0.25, -0.2) is 9.67 Å². The first-order valence-electron chi connectivity index (χ1n) is 9.64. The van der Waals surface area contributed by atoms with Gasteiger partial charge in [0.25, 0.3) is 16.4 Å². The summed E-state index contributed by atoms with van der Waals surface area (Å²) in [4.78, 5) is 27.6. The third-order valence-electron chi connectivity index (χ3n) is 4.50. The Kier molecular flexibility index (Phi) is 6.56. The Morgan fingerprint density at radius 3 is 2.85 bits per heavy atom. The summed E-state index contributed by atoms with van der Waals surface area (Å²) >= 11 is 6.33. The highest BCUT2D eigenvalue weighted by Crippen LogP contribution is 2.29. The number of nitro benzene ring substituents is 1. The summed E-state index contributed by atoms with van der Waals surface area (Å²) in [5.41, 5.74) is 1.69. The number of hydrogen-bond acceptors (Lipinski definition) is 9. The van der Waals surface area contributed by atoms with Crippen molar-refractivity contribution in [1.82, 2.24) is 14.8 Å². The molecule has 12 heteroatoms. The number of aryl methyl sites for hydroxylation is 1. The zero-order valence-corrected chi connectivity index (χ0v) is 18.9. The standard InChI is InChI=1S/C21H17N5O5S2/c1-13-7-8-14(9-17(13)26(28)29)16-12-33-20(22-16)23-18(27)10-25-21(32)31-19(24-25)11-30-15-5-3-2-4-6-15/h2-9,12H,10-11H2,1H3,(H,22,23,27). The van der Waals surface area contributed by atoms with E-state index in [1.807, 2.05) is 18.2 Å². The SMILES string of the molecule is Cc1ccc(-c2csc(NC(=O)Cn3nc(COc4ccccc4)oc3=S)n2)cc1[N+](=O)[O-]. The minimum Gasteiger partial charge on any atom is -0.484 e. The van der Waals surface area contributed by atoms with Crippen LogP contribution in [0.4, 0.5) is 10.8 Å². The fraction of sp³-hybridized carbons (Fsp3) is 0.143. The van der Waals surface area contributed by atoms with Crippen LogP contribution in [-0.4, -0.2) is 25.6 Å². The second-order valence-electron chi connectivity index (χ2n) is 6.87. The van der Waals surface area contributed by atoms with Crippen molar-refractivity contribution in [1.29, 1.82) is 0 Å².